The second-order valence-corrected chi connectivity index (χ2v) is 6.56. The van der Waals surface area contributed by atoms with Crippen LogP contribution >= 0.6 is 11.6 Å². The highest BCUT2D eigenvalue weighted by Gasteiger charge is 2.28. The van der Waals surface area contributed by atoms with Crippen molar-refractivity contribution in [2.24, 2.45) is 0 Å². The molecule has 0 aliphatic carbocycles. The number of benzene rings is 1. The molecule has 1 aromatic carbocycles. The number of hydrogen-bond acceptors (Lipinski definition) is 2. The maximum Gasteiger partial charge on any atom is 0.125 e. The molecule has 0 radical (unpaired) electrons. The highest BCUT2D eigenvalue weighted by Crippen LogP contribution is 2.36. The summed E-state index contributed by atoms with van der Waals surface area (Å²) in [6, 6.07) is 4.14. The monoisotopic (exact) mass is 279 g/mol. The minimum Gasteiger partial charge on any atom is -0.493 e. The van der Waals surface area contributed by atoms with Crippen molar-refractivity contribution >= 4 is 11.6 Å². The van der Waals surface area contributed by atoms with Gasteiger partial charge in [-0.3, -0.25) is 0 Å². The zero-order valence-corrected chi connectivity index (χ0v) is 12.4. The standard InChI is InChI=1S/C16H22ClNO/c1-16(6-3-2-4-7-18-16)11-13-10-14(17)9-12-5-8-19-15(12)13/h9-10,18H,2-8,11H2,1H3. The molecule has 2 heterocycles. The maximum atomic E-state index is 6.25. The molecule has 3 rings (SSSR count). The Hall–Kier alpha value is -0.730. The zero-order chi connectivity index (χ0) is 13.3. The van der Waals surface area contributed by atoms with Crippen molar-refractivity contribution in [3.63, 3.8) is 0 Å². The van der Waals surface area contributed by atoms with E-state index in [-0.39, 0.29) is 5.54 Å². The fourth-order valence-electron chi connectivity index (χ4n) is 3.34. The number of rotatable bonds is 2. The molecule has 2 aliphatic rings. The van der Waals surface area contributed by atoms with E-state index in [1.165, 1.54) is 36.8 Å². The van der Waals surface area contributed by atoms with E-state index in [1.54, 1.807) is 0 Å². The van der Waals surface area contributed by atoms with Gasteiger partial charge in [0, 0.05) is 17.0 Å². The summed E-state index contributed by atoms with van der Waals surface area (Å²) in [5.74, 6) is 1.09. The molecule has 2 aliphatic heterocycles. The molecule has 1 N–H and O–H groups in total. The van der Waals surface area contributed by atoms with Gasteiger partial charge in [0.1, 0.15) is 5.75 Å². The van der Waals surface area contributed by atoms with E-state index in [9.17, 15) is 0 Å². The highest BCUT2D eigenvalue weighted by atomic mass is 35.5. The van der Waals surface area contributed by atoms with Gasteiger partial charge >= 0.3 is 0 Å². The number of halogens is 1. The predicted molar refractivity (Wildman–Crippen MR) is 79.2 cm³/mol. The summed E-state index contributed by atoms with van der Waals surface area (Å²) < 4.78 is 5.82. The lowest BCUT2D eigenvalue weighted by Gasteiger charge is -2.30. The molecule has 0 bridgehead atoms. The average molecular weight is 280 g/mol. The summed E-state index contributed by atoms with van der Waals surface area (Å²) in [5.41, 5.74) is 2.73. The van der Waals surface area contributed by atoms with E-state index in [4.69, 9.17) is 16.3 Å². The minimum atomic E-state index is 0.181. The number of ether oxygens (including phenoxy) is 1. The maximum absolute atomic E-state index is 6.25. The second-order valence-electron chi connectivity index (χ2n) is 6.13. The van der Waals surface area contributed by atoms with Gasteiger partial charge in [-0.25, -0.2) is 0 Å². The molecule has 1 fully saturated rings. The first-order valence-corrected chi connectivity index (χ1v) is 7.73. The summed E-state index contributed by atoms with van der Waals surface area (Å²) in [6.07, 6.45) is 7.18. The van der Waals surface area contributed by atoms with E-state index < -0.39 is 0 Å². The van der Waals surface area contributed by atoms with Crippen LogP contribution in [0.4, 0.5) is 0 Å². The average Bonchev–Trinajstić information content (AvgIpc) is 2.72. The molecule has 0 aromatic heterocycles. The lowest BCUT2D eigenvalue weighted by Crippen LogP contribution is -2.43. The molecule has 2 nitrogen and oxygen atoms in total. The second kappa shape index (κ2) is 5.34. The summed E-state index contributed by atoms with van der Waals surface area (Å²) in [7, 11) is 0. The van der Waals surface area contributed by atoms with Crippen molar-refractivity contribution in [2.45, 2.75) is 51.0 Å². The van der Waals surface area contributed by atoms with Crippen LogP contribution < -0.4 is 10.1 Å². The fourth-order valence-corrected chi connectivity index (χ4v) is 3.61. The molecule has 1 aromatic rings. The molecule has 0 saturated carbocycles. The van der Waals surface area contributed by atoms with Crippen LogP contribution in [0.1, 0.15) is 43.7 Å². The Labute approximate surface area is 120 Å². The van der Waals surface area contributed by atoms with Gasteiger partial charge in [0.25, 0.3) is 0 Å². The quantitative estimate of drug-likeness (QED) is 0.890. The number of nitrogens with one attached hydrogen (secondary N) is 1. The molecule has 1 atom stereocenters. The van der Waals surface area contributed by atoms with Gasteiger partial charge in [-0.1, -0.05) is 24.4 Å². The summed E-state index contributed by atoms with van der Waals surface area (Å²) in [5, 5.41) is 4.56. The molecular formula is C16H22ClNO. The highest BCUT2D eigenvalue weighted by molar-refractivity contribution is 6.30. The van der Waals surface area contributed by atoms with Gasteiger partial charge in [0.2, 0.25) is 0 Å². The van der Waals surface area contributed by atoms with E-state index in [1.807, 2.05) is 0 Å². The van der Waals surface area contributed by atoms with Crippen LogP contribution in [-0.4, -0.2) is 18.7 Å². The van der Waals surface area contributed by atoms with Gasteiger partial charge in [-0.15, -0.1) is 0 Å². The van der Waals surface area contributed by atoms with Crippen LogP contribution in [0.5, 0.6) is 5.75 Å². The molecule has 1 saturated heterocycles. The summed E-state index contributed by atoms with van der Waals surface area (Å²) in [4.78, 5) is 0. The van der Waals surface area contributed by atoms with Crippen LogP contribution in [0.2, 0.25) is 5.02 Å². The lowest BCUT2D eigenvalue weighted by molar-refractivity contribution is 0.326. The van der Waals surface area contributed by atoms with Gasteiger partial charge in [-0.2, -0.15) is 0 Å². The van der Waals surface area contributed by atoms with Crippen LogP contribution in [0.25, 0.3) is 0 Å². The Morgan fingerprint density at radius 3 is 3.11 bits per heavy atom. The number of hydrogen-bond donors (Lipinski definition) is 1. The Balaban J connectivity index is 1.86. The molecule has 0 spiro atoms. The number of fused-ring (bicyclic) bond motifs is 1. The largest absolute Gasteiger partial charge is 0.493 e. The van der Waals surface area contributed by atoms with Gasteiger partial charge in [-0.05, 0) is 56.0 Å². The third-order valence-electron chi connectivity index (χ3n) is 4.36. The van der Waals surface area contributed by atoms with Gasteiger partial charge < -0.3 is 10.1 Å². The molecule has 0 amide bonds. The van der Waals surface area contributed by atoms with Crippen LogP contribution in [0, 0.1) is 0 Å². The topological polar surface area (TPSA) is 21.3 Å². The Kier molecular flexibility index (Phi) is 3.72. The van der Waals surface area contributed by atoms with Crippen LogP contribution in [-0.2, 0) is 12.8 Å². The van der Waals surface area contributed by atoms with E-state index in [2.05, 4.69) is 24.4 Å². The molecule has 19 heavy (non-hydrogen) atoms. The third kappa shape index (κ3) is 2.90. The van der Waals surface area contributed by atoms with Crippen molar-refractivity contribution in [2.75, 3.05) is 13.2 Å². The van der Waals surface area contributed by atoms with Crippen molar-refractivity contribution in [1.82, 2.24) is 5.32 Å². The Bertz CT molecular complexity index is 464. The normalized spacial score (nSPS) is 26.6. The minimum absolute atomic E-state index is 0.181. The third-order valence-corrected chi connectivity index (χ3v) is 4.58. The predicted octanol–water partition coefficient (Wildman–Crippen LogP) is 3.74. The Morgan fingerprint density at radius 1 is 1.32 bits per heavy atom. The SMILES string of the molecule is CC1(Cc2cc(Cl)cc3c2OCC3)CCCCCN1. The zero-order valence-electron chi connectivity index (χ0n) is 11.6. The van der Waals surface area contributed by atoms with Gasteiger partial charge in [0.05, 0.1) is 6.61 Å². The van der Waals surface area contributed by atoms with E-state index in [0.717, 1.165) is 36.8 Å². The van der Waals surface area contributed by atoms with Crippen molar-refractivity contribution < 1.29 is 4.74 Å². The van der Waals surface area contributed by atoms with E-state index in [0.29, 0.717) is 0 Å². The van der Waals surface area contributed by atoms with Crippen LogP contribution in [0.3, 0.4) is 0 Å². The molecule has 104 valence electrons. The van der Waals surface area contributed by atoms with E-state index >= 15 is 0 Å². The molecule has 3 heteroatoms. The first kappa shape index (κ1) is 13.3. The molecular weight excluding hydrogens is 258 g/mol. The Morgan fingerprint density at radius 2 is 2.21 bits per heavy atom. The van der Waals surface area contributed by atoms with Crippen molar-refractivity contribution in [3.8, 4) is 5.75 Å². The van der Waals surface area contributed by atoms with Gasteiger partial charge in [0.15, 0.2) is 0 Å². The van der Waals surface area contributed by atoms with Crippen molar-refractivity contribution in [3.05, 3.63) is 28.3 Å². The lowest BCUT2D eigenvalue weighted by atomic mass is 9.87. The first-order valence-electron chi connectivity index (χ1n) is 7.35. The van der Waals surface area contributed by atoms with Crippen molar-refractivity contribution in [1.29, 1.82) is 0 Å². The van der Waals surface area contributed by atoms with Crippen LogP contribution in [0.15, 0.2) is 12.1 Å². The first-order chi connectivity index (χ1) is 9.16. The smallest absolute Gasteiger partial charge is 0.125 e. The summed E-state index contributed by atoms with van der Waals surface area (Å²) >= 11 is 6.25. The summed E-state index contributed by atoms with van der Waals surface area (Å²) in [6.45, 7) is 4.26. The fraction of sp³-hybridized carbons (Fsp3) is 0.625. The molecule has 1 unspecified atom stereocenters.